The van der Waals surface area contributed by atoms with Crippen LogP contribution >= 0.6 is 11.6 Å². The first-order valence-corrected chi connectivity index (χ1v) is 7.36. The summed E-state index contributed by atoms with van der Waals surface area (Å²) in [5.74, 6) is 0.890. The standard InChI is InChI=1S/C15H23ClN2/c1-2-10-18(11-12-6-7-12)15-5-3-4-14(16)13(15)8-9-17/h3-5,12H,2,6-11,17H2,1H3. The zero-order valence-electron chi connectivity index (χ0n) is 11.2. The molecule has 100 valence electrons. The highest BCUT2D eigenvalue weighted by atomic mass is 35.5. The molecule has 1 saturated carbocycles. The van der Waals surface area contributed by atoms with Gasteiger partial charge < -0.3 is 10.6 Å². The molecule has 0 saturated heterocycles. The quantitative estimate of drug-likeness (QED) is 0.819. The monoisotopic (exact) mass is 266 g/mol. The molecule has 18 heavy (non-hydrogen) atoms. The van der Waals surface area contributed by atoms with Crippen molar-refractivity contribution >= 4 is 17.3 Å². The average molecular weight is 267 g/mol. The summed E-state index contributed by atoms with van der Waals surface area (Å²) in [7, 11) is 0. The Kier molecular flexibility index (Phi) is 4.90. The first kappa shape index (κ1) is 13.7. The van der Waals surface area contributed by atoms with Gasteiger partial charge in [0.05, 0.1) is 0 Å². The van der Waals surface area contributed by atoms with Crippen molar-refractivity contribution in [3.8, 4) is 0 Å². The Hall–Kier alpha value is -0.730. The van der Waals surface area contributed by atoms with Gasteiger partial charge in [-0.3, -0.25) is 0 Å². The fourth-order valence-corrected chi connectivity index (χ4v) is 2.69. The van der Waals surface area contributed by atoms with E-state index in [2.05, 4.69) is 17.9 Å². The summed E-state index contributed by atoms with van der Waals surface area (Å²) in [6.45, 7) is 5.16. The number of anilines is 1. The van der Waals surface area contributed by atoms with Crippen LogP contribution in [0.1, 0.15) is 31.7 Å². The van der Waals surface area contributed by atoms with Crippen molar-refractivity contribution < 1.29 is 0 Å². The first-order chi connectivity index (χ1) is 8.76. The Bertz CT molecular complexity index is 388. The summed E-state index contributed by atoms with van der Waals surface area (Å²) < 4.78 is 0. The Balaban J connectivity index is 2.23. The zero-order chi connectivity index (χ0) is 13.0. The molecule has 0 aliphatic heterocycles. The molecule has 0 bridgehead atoms. The van der Waals surface area contributed by atoms with Crippen molar-refractivity contribution in [1.82, 2.24) is 0 Å². The maximum Gasteiger partial charge on any atom is 0.0459 e. The molecule has 3 heteroatoms. The van der Waals surface area contributed by atoms with E-state index in [4.69, 9.17) is 17.3 Å². The fraction of sp³-hybridized carbons (Fsp3) is 0.600. The van der Waals surface area contributed by atoms with Gasteiger partial charge >= 0.3 is 0 Å². The number of halogens is 1. The minimum absolute atomic E-state index is 0.653. The second kappa shape index (κ2) is 6.44. The maximum atomic E-state index is 6.32. The summed E-state index contributed by atoms with van der Waals surface area (Å²) >= 11 is 6.32. The third-order valence-electron chi connectivity index (χ3n) is 3.50. The Labute approximate surface area is 115 Å². The van der Waals surface area contributed by atoms with Gasteiger partial charge in [0, 0.05) is 23.8 Å². The molecule has 2 N–H and O–H groups in total. The molecule has 0 heterocycles. The molecule has 0 atom stereocenters. The van der Waals surface area contributed by atoms with Crippen molar-refractivity contribution in [3.05, 3.63) is 28.8 Å². The van der Waals surface area contributed by atoms with Gasteiger partial charge in [-0.25, -0.2) is 0 Å². The lowest BCUT2D eigenvalue weighted by atomic mass is 10.1. The predicted molar refractivity (Wildman–Crippen MR) is 79.4 cm³/mol. The van der Waals surface area contributed by atoms with Crippen LogP contribution in [-0.2, 0) is 6.42 Å². The Morgan fingerprint density at radius 3 is 2.78 bits per heavy atom. The third-order valence-corrected chi connectivity index (χ3v) is 3.85. The van der Waals surface area contributed by atoms with Gasteiger partial charge in [0.2, 0.25) is 0 Å². The van der Waals surface area contributed by atoms with E-state index in [-0.39, 0.29) is 0 Å². The van der Waals surface area contributed by atoms with Gasteiger partial charge in [0.1, 0.15) is 0 Å². The highest BCUT2D eigenvalue weighted by molar-refractivity contribution is 6.31. The number of nitrogens with zero attached hydrogens (tertiary/aromatic N) is 1. The fourth-order valence-electron chi connectivity index (χ4n) is 2.43. The molecule has 0 radical (unpaired) electrons. The molecule has 2 rings (SSSR count). The highest BCUT2D eigenvalue weighted by Gasteiger charge is 2.25. The number of benzene rings is 1. The summed E-state index contributed by atoms with van der Waals surface area (Å²) in [6, 6.07) is 6.21. The predicted octanol–water partition coefficient (Wildman–Crippen LogP) is 3.47. The Morgan fingerprint density at radius 1 is 1.39 bits per heavy atom. The van der Waals surface area contributed by atoms with E-state index in [1.165, 1.54) is 37.1 Å². The summed E-state index contributed by atoms with van der Waals surface area (Å²) in [6.07, 6.45) is 4.79. The molecular formula is C15H23ClN2. The van der Waals surface area contributed by atoms with E-state index in [0.29, 0.717) is 6.54 Å². The molecule has 1 aliphatic rings. The second-order valence-electron chi connectivity index (χ2n) is 5.17. The van der Waals surface area contributed by atoms with E-state index in [9.17, 15) is 0 Å². The lowest BCUT2D eigenvalue weighted by molar-refractivity contribution is 0.704. The van der Waals surface area contributed by atoms with Crippen molar-refractivity contribution in [2.45, 2.75) is 32.6 Å². The average Bonchev–Trinajstić information content (AvgIpc) is 3.15. The summed E-state index contributed by atoms with van der Waals surface area (Å²) in [5, 5.41) is 0.856. The van der Waals surface area contributed by atoms with Crippen LogP contribution in [0.5, 0.6) is 0 Å². The molecule has 2 nitrogen and oxygen atoms in total. The molecule has 1 aromatic rings. The van der Waals surface area contributed by atoms with Crippen LogP contribution < -0.4 is 10.6 Å². The molecule has 0 spiro atoms. The minimum Gasteiger partial charge on any atom is -0.371 e. The van der Waals surface area contributed by atoms with E-state index in [1.54, 1.807) is 0 Å². The van der Waals surface area contributed by atoms with Gasteiger partial charge in [-0.2, -0.15) is 0 Å². The smallest absolute Gasteiger partial charge is 0.0459 e. The highest BCUT2D eigenvalue weighted by Crippen LogP contribution is 2.34. The van der Waals surface area contributed by atoms with Crippen LogP contribution in [0, 0.1) is 5.92 Å². The molecule has 1 aliphatic carbocycles. The van der Waals surface area contributed by atoms with E-state index >= 15 is 0 Å². The minimum atomic E-state index is 0.653. The molecule has 0 amide bonds. The largest absolute Gasteiger partial charge is 0.371 e. The van der Waals surface area contributed by atoms with Crippen LogP contribution in [0.3, 0.4) is 0 Å². The molecule has 1 fully saturated rings. The molecular weight excluding hydrogens is 244 g/mol. The van der Waals surface area contributed by atoms with Crippen LogP contribution in [0.2, 0.25) is 5.02 Å². The van der Waals surface area contributed by atoms with Gasteiger partial charge in [-0.05, 0) is 55.8 Å². The van der Waals surface area contributed by atoms with Crippen molar-refractivity contribution in [2.24, 2.45) is 11.7 Å². The van der Waals surface area contributed by atoms with E-state index < -0.39 is 0 Å². The van der Waals surface area contributed by atoms with Crippen molar-refractivity contribution in [2.75, 3.05) is 24.5 Å². The van der Waals surface area contributed by atoms with E-state index in [0.717, 1.165) is 23.9 Å². The lowest BCUT2D eigenvalue weighted by Crippen LogP contribution is -2.28. The van der Waals surface area contributed by atoms with Gasteiger partial charge in [-0.15, -0.1) is 0 Å². The first-order valence-electron chi connectivity index (χ1n) is 6.98. The van der Waals surface area contributed by atoms with Crippen LogP contribution in [0.4, 0.5) is 5.69 Å². The van der Waals surface area contributed by atoms with Crippen LogP contribution in [-0.4, -0.2) is 19.6 Å². The second-order valence-corrected chi connectivity index (χ2v) is 5.57. The lowest BCUT2D eigenvalue weighted by Gasteiger charge is -2.27. The normalized spacial score (nSPS) is 14.8. The topological polar surface area (TPSA) is 29.3 Å². The maximum absolute atomic E-state index is 6.32. The van der Waals surface area contributed by atoms with Gasteiger partial charge in [0.15, 0.2) is 0 Å². The Morgan fingerprint density at radius 2 is 2.17 bits per heavy atom. The number of nitrogens with two attached hydrogens (primary N) is 1. The number of hydrogen-bond acceptors (Lipinski definition) is 2. The molecule has 1 aromatic carbocycles. The van der Waals surface area contributed by atoms with Gasteiger partial charge in [0.25, 0.3) is 0 Å². The SMILES string of the molecule is CCCN(CC1CC1)c1cccc(Cl)c1CCN. The third kappa shape index (κ3) is 3.39. The van der Waals surface area contributed by atoms with Gasteiger partial charge in [-0.1, -0.05) is 24.6 Å². The van der Waals surface area contributed by atoms with E-state index in [1.807, 2.05) is 12.1 Å². The number of hydrogen-bond donors (Lipinski definition) is 1. The number of rotatable bonds is 7. The van der Waals surface area contributed by atoms with Crippen molar-refractivity contribution in [3.63, 3.8) is 0 Å². The molecule has 0 aromatic heterocycles. The summed E-state index contributed by atoms with van der Waals surface area (Å²) in [5.41, 5.74) is 8.22. The van der Waals surface area contributed by atoms with Crippen LogP contribution in [0.15, 0.2) is 18.2 Å². The molecule has 0 unspecified atom stereocenters. The zero-order valence-corrected chi connectivity index (χ0v) is 11.9. The van der Waals surface area contributed by atoms with Crippen LogP contribution in [0.25, 0.3) is 0 Å². The summed E-state index contributed by atoms with van der Waals surface area (Å²) in [4.78, 5) is 2.49. The van der Waals surface area contributed by atoms with Crippen molar-refractivity contribution in [1.29, 1.82) is 0 Å².